The van der Waals surface area contributed by atoms with Gasteiger partial charge >= 0.3 is 5.97 Å². The molecule has 0 aromatic rings. The van der Waals surface area contributed by atoms with E-state index in [0.717, 1.165) is 13.0 Å². The molecule has 0 aromatic carbocycles. The number of carboxylic acids is 1. The minimum Gasteiger partial charge on any atom is -0.481 e. The molecule has 0 heterocycles. The molecule has 0 amide bonds. The Kier molecular flexibility index (Phi) is 14.0. The second-order valence-electron chi connectivity index (χ2n) is 6.28. The normalized spacial score (nSPS) is 14.0. The smallest absolute Gasteiger partial charge is 0.307 e. The van der Waals surface area contributed by atoms with Crippen LogP contribution in [-0.2, 0) is 4.79 Å². The summed E-state index contributed by atoms with van der Waals surface area (Å²) in [7, 11) is 0. The second kappa shape index (κ2) is 14.4. The Labute approximate surface area is 131 Å². The van der Waals surface area contributed by atoms with E-state index < -0.39 is 5.97 Å². The van der Waals surface area contributed by atoms with E-state index in [9.17, 15) is 4.79 Å². The minimum absolute atomic E-state index is 0.112. The molecule has 0 fully saturated rings. The fraction of sp³-hybridized carbons (Fsp3) is 0.944. The molecule has 21 heavy (non-hydrogen) atoms. The Hall–Kier alpha value is -0.570. The third-order valence-corrected chi connectivity index (χ3v) is 4.37. The lowest BCUT2D eigenvalue weighted by Crippen LogP contribution is -2.38. The predicted molar refractivity (Wildman–Crippen MR) is 90.7 cm³/mol. The van der Waals surface area contributed by atoms with Gasteiger partial charge in [-0.25, -0.2) is 0 Å². The Morgan fingerprint density at radius 3 is 1.81 bits per heavy atom. The summed E-state index contributed by atoms with van der Waals surface area (Å²) in [5.74, 6) is -0.990. The number of nitrogens with one attached hydrogen (secondary N) is 1. The van der Waals surface area contributed by atoms with E-state index in [1.165, 1.54) is 64.2 Å². The summed E-state index contributed by atoms with van der Waals surface area (Å²) in [5.41, 5.74) is 0. The van der Waals surface area contributed by atoms with Crippen molar-refractivity contribution in [2.24, 2.45) is 5.92 Å². The Morgan fingerprint density at radius 2 is 1.38 bits per heavy atom. The van der Waals surface area contributed by atoms with Crippen LogP contribution >= 0.6 is 0 Å². The molecule has 2 unspecified atom stereocenters. The van der Waals surface area contributed by atoms with Crippen molar-refractivity contribution in [3.05, 3.63) is 0 Å². The van der Waals surface area contributed by atoms with Crippen molar-refractivity contribution in [2.45, 2.75) is 97.4 Å². The lowest BCUT2D eigenvalue weighted by atomic mass is 9.99. The van der Waals surface area contributed by atoms with Gasteiger partial charge in [0.25, 0.3) is 0 Å². The fourth-order valence-electron chi connectivity index (χ4n) is 2.75. The third kappa shape index (κ3) is 11.7. The maximum absolute atomic E-state index is 11.0. The first-order valence-electron chi connectivity index (χ1n) is 9.09. The van der Waals surface area contributed by atoms with Crippen LogP contribution in [0.5, 0.6) is 0 Å². The summed E-state index contributed by atoms with van der Waals surface area (Å²) >= 11 is 0. The second-order valence-corrected chi connectivity index (χ2v) is 6.28. The molecule has 0 bridgehead atoms. The molecule has 3 heteroatoms. The number of carboxylic acid groups (broad SMARTS) is 1. The highest BCUT2D eigenvalue weighted by molar-refractivity contribution is 5.70. The highest BCUT2D eigenvalue weighted by Gasteiger charge is 2.20. The van der Waals surface area contributed by atoms with E-state index in [1.54, 1.807) is 6.92 Å². The highest BCUT2D eigenvalue weighted by Crippen LogP contribution is 2.11. The van der Waals surface area contributed by atoms with Crippen LogP contribution < -0.4 is 5.32 Å². The van der Waals surface area contributed by atoms with Gasteiger partial charge in [-0.2, -0.15) is 0 Å². The molecule has 2 atom stereocenters. The molecule has 2 N–H and O–H groups in total. The average Bonchev–Trinajstić information content (AvgIpc) is 2.48. The minimum atomic E-state index is -0.697. The standard InChI is InChI=1S/C18H37NO2/c1-4-6-7-8-9-10-11-12-13-14-15-19-17(5-2)16(3)18(20)21/h16-17,19H,4-15H2,1-3H3,(H,20,21). The van der Waals surface area contributed by atoms with Gasteiger partial charge in [0, 0.05) is 6.04 Å². The predicted octanol–water partition coefficient (Wildman–Crippen LogP) is 5.00. The van der Waals surface area contributed by atoms with E-state index in [2.05, 4.69) is 19.2 Å². The van der Waals surface area contributed by atoms with Crippen LogP contribution in [0.2, 0.25) is 0 Å². The molecule has 0 saturated heterocycles. The maximum atomic E-state index is 11.0. The van der Waals surface area contributed by atoms with Crippen LogP contribution in [0, 0.1) is 5.92 Å². The maximum Gasteiger partial charge on any atom is 0.307 e. The lowest BCUT2D eigenvalue weighted by molar-refractivity contribution is -0.142. The van der Waals surface area contributed by atoms with Crippen LogP contribution in [0.3, 0.4) is 0 Å². The number of carbonyl (C=O) groups is 1. The van der Waals surface area contributed by atoms with Crippen LogP contribution in [0.15, 0.2) is 0 Å². The Morgan fingerprint density at radius 1 is 0.905 bits per heavy atom. The third-order valence-electron chi connectivity index (χ3n) is 4.37. The molecule has 0 aliphatic rings. The summed E-state index contributed by atoms with van der Waals surface area (Å²) in [4.78, 5) is 11.0. The van der Waals surface area contributed by atoms with E-state index in [4.69, 9.17) is 5.11 Å². The number of hydrogen-bond donors (Lipinski definition) is 2. The monoisotopic (exact) mass is 299 g/mol. The molecular weight excluding hydrogens is 262 g/mol. The van der Waals surface area contributed by atoms with Crippen molar-refractivity contribution in [1.82, 2.24) is 5.32 Å². The quantitative estimate of drug-likeness (QED) is 0.418. The molecule has 0 aliphatic carbocycles. The lowest BCUT2D eigenvalue weighted by Gasteiger charge is -2.20. The number of unbranched alkanes of at least 4 members (excludes halogenated alkanes) is 9. The number of aliphatic carboxylic acids is 1. The summed E-state index contributed by atoms with van der Waals surface area (Å²) in [6, 6.07) is 0.112. The van der Waals surface area contributed by atoms with Gasteiger partial charge in [0.1, 0.15) is 0 Å². The van der Waals surface area contributed by atoms with Crippen molar-refractivity contribution < 1.29 is 9.90 Å². The molecule has 0 aliphatic heterocycles. The summed E-state index contributed by atoms with van der Waals surface area (Å²) < 4.78 is 0. The van der Waals surface area contributed by atoms with Crippen LogP contribution in [0.4, 0.5) is 0 Å². The topological polar surface area (TPSA) is 49.3 Å². The molecule has 0 radical (unpaired) electrons. The molecule has 3 nitrogen and oxygen atoms in total. The average molecular weight is 299 g/mol. The number of hydrogen-bond acceptors (Lipinski definition) is 2. The molecule has 0 saturated carbocycles. The Bertz CT molecular complexity index is 243. The Balaban J connectivity index is 3.36. The van der Waals surface area contributed by atoms with Crippen LogP contribution in [0.1, 0.15) is 91.4 Å². The fourth-order valence-corrected chi connectivity index (χ4v) is 2.75. The summed E-state index contributed by atoms with van der Waals surface area (Å²) in [5, 5.41) is 12.4. The van der Waals surface area contributed by atoms with Crippen molar-refractivity contribution in [3.8, 4) is 0 Å². The van der Waals surface area contributed by atoms with Gasteiger partial charge in [0.05, 0.1) is 5.92 Å². The van der Waals surface area contributed by atoms with Gasteiger partial charge < -0.3 is 10.4 Å². The van der Waals surface area contributed by atoms with Gasteiger partial charge in [-0.15, -0.1) is 0 Å². The summed E-state index contributed by atoms with van der Waals surface area (Å²) in [6.07, 6.45) is 14.3. The van der Waals surface area contributed by atoms with E-state index in [1.807, 2.05) is 0 Å². The van der Waals surface area contributed by atoms with Crippen LogP contribution in [-0.4, -0.2) is 23.7 Å². The van der Waals surface area contributed by atoms with Gasteiger partial charge in [-0.3, -0.25) is 4.79 Å². The first-order valence-corrected chi connectivity index (χ1v) is 9.09. The molecule has 0 aromatic heterocycles. The van der Waals surface area contributed by atoms with Gasteiger partial charge in [0.15, 0.2) is 0 Å². The van der Waals surface area contributed by atoms with E-state index >= 15 is 0 Å². The zero-order valence-electron chi connectivity index (χ0n) is 14.5. The zero-order chi connectivity index (χ0) is 15.9. The van der Waals surface area contributed by atoms with Gasteiger partial charge in [-0.05, 0) is 19.4 Å². The van der Waals surface area contributed by atoms with Gasteiger partial charge in [0.2, 0.25) is 0 Å². The molecule has 0 spiro atoms. The molecule has 126 valence electrons. The van der Waals surface area contributed by atoms with E-state index in [-0.39, 0.29) is 12.0 Å². The number of rotatable bonds is 15. The molecular formula is C18H37NO2. The molecule has 0 rings (SSSR count). The van der Waals surface area contributed by atoms with Crippen LogP contribution in [0.25, 0.3) is 0 Å². The van der Waals surface area contributed by atoms with Crippen molar-refractivity contribution in [3.63, 3.8) is 0 Å². The summed E-state index contributed by atoms with van der Waals surface area (Å²) in [6.45, 7) is 7.05. The highest BCUT2D eigenvalue weighted by atomic mass is 16.4. The SMILES string of the molecule is CCCCCCCCCCCCNC(CC)C(C)C(=O)O. The van der Waals surface area contributed by atoms with Crippen molar-refractivity contribution in [2.75, 3.05) is 6.54 Å². The van der Waals surface area contributed by atoms with Crippen molar-refractivity contribution >= 4 is 5.97 Å². The zero-order valence-corrected chi connectivity index (χ0v) is 14.5. The first kappa shape index (κ1) is 20.4. The van der Waals surface area contributed by atoms with Crippen molar-refractivity contribution in [1.29, 1.82) is 0 Å². The largest absolute Gasteiger partial charge is 0.481 e. The van der Waals surface area contributed by atoms with E-state index in [0.29, 0.717) is 0 Å². The first-order chi connectivity index (χ1) is 10.1. The van der Waals surface area contributed by atoms with Gasteiger partial charge in [-0.1, -0.05) is 78.6 Å².